The van der Waals surface area contributed by atoms with Gasteiger partial charge in [0.2, 0.25) is 5.91 Å². The Morgan fingerprint density at radius 1 is 1.26 bits per heavy atom. The molecule has 19 heavy (non-hydrogen) atoms. The predicted octanol–water partition coefficient (Wildman–Crippen LogP) is 3.88. The number of rotatable bonds is 2. The molecule has 0 saturated heterocycles. The van der Waals surface area contributed by atoms with Crippen LogP contribution in [0.1, 0.15) is 24.8 Å². The van der Waals surface area contributed by atoms with Crippen LogP contribution in [-0.4, -0.2) is 5.91 Å². The molecule has 3 aliphatic rings. The molecule has 4 atom stereocenters. The average Bonchev–Trinajstić information content (AvgIpc) is 2.83. The minimum Gasteiger partial charge on any atom is -0.326 e. The molecule has 2 nitrogen and oxygen atoms in total. The van der Waals surface area contributed by atoms with E-state index in [2.05, 4.69) is 5.32 Å². The summed E-state index contributed by atoms with van der Waals surface area (Å²) in [5, 5.41) is 3.76. The molecular formula is C16H18ClNO. The van der Waals surface area contributed by atoms with E-state index in [-0.39, 0.29) is 11.8 Å². The number of hydrogen-bond acceptors (Lipinski definition) is 1. The van der Waals surface area contributed by atoms with Crippen LogP contribution in [0.15, 0.2) is 18.2 Å². The molecule has 1 aromatic rings. The van der Waals surface area contributed by atoms with Gasteiger partial charge in [0.25, 0.3) is 0 Å². The minimum absolute atomic E-state index is 0.214. The zero-order valence-electron chi connectivity index (χ0n) is 11.0. The zero-order valence-corrected chi connectivity index (χ0v) is 11.8. The first kappa shape index (κ1) is 11.8. The van der Waals surface area contributed by atoms with Crippen molar-refractivity contribution in [2.75, 3.05) is 5.32 Å². The first-order chi connectivity index (χ1) is 9.15. The van der Waals surface area contributed by atoms with E-state index < -0.39 is 0 Å². The second kappa shape index (κ2) is 3.99. The highest BCUT2D eigenvalue weighted by molar-refractivity contribution is 6.31. The largest absolute Gasteiger partial charge is 0.326 e. The van der Waals surface area contributed by atoms with Crippen molar-refractivity contribution in [1.29, 1.82) is 0 Å². The van der Waals surface area contributed by atoms with E-state index in [9.17, 15) is 4.79 Å². The summed E-state index contributed by atoms with van der Waals surface area (Å²) in [7, 11) is 0. The van der Waals surface area contributed by atoms with E-state index in [1.807, 2.05) is 25.1 Å². The van der Waals surface area contributed by atoms with Gasteiger partial charge in [0, 0.05) is 16.6 Å². The average molecular weight is 276 g/mol. The third-order valence-corrected chi connectivity index (χ3v) is 5.88. The summed E-state index contributed by atoms with van der Waals surface area (Å²) in [5.74, 6) is 3.57. The van der Waals surface area contributed by atoms with E-state index >= 15 is 0 Å². The molecule has 3 fully saturated rings. The van der Waals surface area contributed by atoms with E-state index in [1.165, 1.54) is 19.3 Å². The summed E-state index contributed by atoms with van der Waals surface area (Å²) in [6.07, 6.45) is 4.09. The first-order valence-electron chi connectivity index (χ1n) is 7.22. The van der Waals surface area contributed by atoms with Gasteiger partial charge in [0.1, 0.15) is 0 Å². The zero-order chi connectivity index (χ0) is 13.1. The van der Waals surface area contributed by atoms with Gasteiger partial charge < -0.3 is 5.32 Å². The molecule has 3 saturated carbocycles. The third-order valence-electron chi connectivity index (χ3n) is 5.48. The Bertz CT molecular complexity index is 540. The van der Waals surface area contributed by atoms with E-state index in [4.69, 9.17) is 11.6 Å². The number of hydrogen-bond donors (Lipinski definition) is 1. The summed E-state index contributed by atoms with van der Waals surface area (Å²) < 4.78 is 0. The Morgan fingerprint density at radius 2 is 1.95 bits per heavy atom. The molecule has 0 aromatic heterocycles. The van der Waals surface area contributed by atoms with Gasteiger partial charge >= 0.3 is 0 Å². The van der Waals surface area contributed by atoms with E-state index in [0.717, 1.165) is 23.1 Å². The summed E-state index contributed by atoms with van der Waals surface area (Å²) in [5.41, 5.74) is 1.87. The molecule has 3 aliphatic carbocycles. The van der Waals surface area contributed by atoms with Gasteiger partial charge in [0.15, 0.2) is 0 Å². The number of nitrogens with one attached hydrogen (secondary N) is 1. The number of anilines is 1. The van der Waals surface area contributed by atoms with Crippen LogP contribution in [0.25, 0.3) is 0 Å². The molecule has 4 rings (SSSR count). The highest BCUT2D eigenvalue weighted by Crippen LogP contribution is 2.69. The predicted molar refractivity (Wildman–Crippen MR) is 76.1 cm³/mol. The molecule has 0 aliphatic heterocycles. The molecule has 100 valence electrons. The van der Waals surface area contributed by atoms with Crippen molar-refractivity contribution in [2.45, 2.75) is 26.2 Å². The van der Waals surface area contributed by atoms with Crippen molar-refractivity contribution >= 4 is 23.2 Å². The van der Waals surface area contributed by atoms with Crippen molar-refractivity contribution < 1.29 is 4.79 Å². The number of carbonyl (C=O) groups is 1. The third kappa shape index (κ3) is 1.73. The molecule has 1 N–H and O–H groups in total. The van der Waals surface area contributed by atoms with Crippen LogP contribution >= 0.6 is 11.6 Å². The number of benzene rings is 1. The molecule has 0 spiro atoms. The van der Waals surface area contributed by atoms with Gasteiger partial charge in [-0.2, -0.15) is 0 Å². The van der Waals surface area contributed by atoms with Crippen LogP contribution in [0.2, 0.25) is 5.02 Å². The smallest absolute Gasteiger partial charge is 0.228 e. The van der Waals surface area contributed by atoms with Crippen LogP contribution in [-0.2, 0) is 4.79 Å². The van der Waals surface area contributed by atoms with Gasteiger partial charge in [-0.15, -0.1) is 0 Å². The lowest BCUT2D eigenvalue weighted by Crippen LogP contribution is -2.18. The first-order valence-corrected chi connectivity index (χ1v) is 7.60. The van der Waals surface area contributed by atoms with Crippen LogP contribution in [0, 0.1) is 36.5 Å². The van der Waals surface area contributed by atoms with Crippen molar-refractivity contribution in [3.63, 3.8) is 0 Å². The summed E-state index contributed by atoms with van der Waals surface area (Å²) >= 11 is 6.09. The lowest BCUT2D eigenvalue weighted by Gasteiger charge is -2.10. The van der Waals surface area contributed by atoms with Crippen molar-refractivity contribution in [2.24, 2.45) is 29.6 Å². The van der Waals surface area contributed by atoms with Gasteiger partial charge in [-0.1, -0.05) is 17.7 Å². The second-order valence-corrected chi connectivity index (χ2v) is 6.87. The molecule has 0 heterocycles. The van der Waals surface area contributed by atoms with Crippen LogP contribution in [0.4, 0.5) is 5.69 Å². The van der Waals surface area contributed by atoms with E-state index in [0.29, 0.717) is 16.9 Å². The van der Waals surface area contributed by atoms with Crippen molar-refractivity contribution in [1.82, 2.24) is 0 Å². The number of amides is 1. The second-order valence-electron chi connectivity index (χ2n) is 6.47. The summed E-state index contributed by atoms with van der Waals surface area (Å²) in [4.78, 5) is 12.3. The van der Waals surface area contributed by atoms with E-state index in [1.54, 1.807) is 0 Å². The van der Waals surface area contributed by atoms with Gasteiger partial charge in [-0.05, 0) is 67.6 Å². The van der Waals surface area contributed by atoms with Crippen LogP contribution in [0.3, 0.4) is 0 Å². The topological polar surface area (TPSA) is 29.1 Å². The summed E-state index contributed by atoms with van der Waals surface area (Å²) in [6, 6.07) is 5.74. The Hall–Kier alpha value is -1.02. The van der Waals surface area contributed by atoms with Crippen molar-refractivity contribution in [3.8, 4) is 0 Å². The Morgan fingerprint density at radius 3 is 2.58 bits per heavy atom. The Balaban J connectivity index is 1.47. The number of aryl methyl sites for hydroxylation is 1. The molecule has 0 unspecified atom stereocenters. The normalized spacial score (nSPS) is 38.1. The number of fused-ring (bicyclic) bond motifs is 5. The summed E-state index contributed by atoms with van der Waals surface area (Å²) in [6.45, 7) is 1.97. The van der Waals surface area contributed by atoms with Crippen molar-refractivity contribution in [3.05, 3.63) is 28.8 Å². The maximum Gasteiger partial charge on any atom is 0.228 e. The molecule has 2 bridgehead atoms. The number of halogens is 1. The standard InChI is InChI=1S/C16H18ClNO/c1-8-2-5-11(7-12(8)17)18-16(19)15-13-9-3-4-10(6-9)14(13)15/h2,5,7,9-10,13-15H,3-4,6H2,1H3,(H,18,19)/t9-,10-,13-,14-/m0/s1. The maximum atomic E-state index is 12.3. The highest BCUT2D eigenvalue weighted by atomic mass is 35.5. The molecule has 0 radical (unpaired) electrons. The lowest BCUT2D eigenvalue weighted by atomic mass is 10.0. The fraction of sp³-hybridized carbons (Fsp3) is 0.562. The van der Waals surface area contributed by atoms with Gasteiger partial charge in [-0.25, -0.2) is 0 Å². The minimum atomic E-state index is 0.214. The number of carbonyl (C=O) groups excluding carboxylic acids is 1. The molecular weight excluding hydrogens is 258 g/mol. The SMILES string of the molecule is Cc1ccc(NC(=O)C2[C@H]3[C@H]4CC[C@@H](C4)[C@H]23)cc1Cl. The van der Waals surface area contributed by atoms with Gasteiger partial charge in [-0.3, -0.25) is 4.79 Å². The maximum absolute atomic E-state index is 12.3. The molecule has 1 aromatic carbocycles. The van der Waals surface area contributed by atoms with Crippen LogP contribution in [0.5, 0.6) is 0 Å². The monoisotopic (exact) mass is 275 g/mol. The quantitative estimate of drug-likeness (QED) is 0.872. The Labute approximate surface area is 118 Å². The molecule has 1 amide bonds. The lowest BCUT2D eigenvalue weighted by molar-refractivity contribution is -0.118. The molecule has 3 heteroatoms. The fourth-order valence-electron chi connectivity index (χ4n) is 4.57. The Kier molecular flexibility index (Phi) is 2.47. The fourth-order valence-corrected chi connectivity index (χ4v) is 4.75. The van der Waals surface area contributed by atoms with Gasteiger partial charge in [0.05, 0.1) is 0 Å². The highest BCUT2D eigenvalue weighted by Gasteiger charge is 2.67. The van der Waals surface area contributed by atoms with Crippen LogP contribution < -0.4 is 5.32 Å².